The Morgan fingerprint density at radius 3 is 2.50 bits per heavy atom. The third kappa shape index (κ3) is 3.08. The van der Waals surface area contributed by atoms with Crippen LogP contribution >= 0.6 is 23.2 Å². The van der Waals surface area contributed by atoms with Crippen LogP contribution in [0.25, 0.3) is 10.8 Å². The van der Waals surface area contributed by atoms with Gasteiger partial charge < -0.3 is 0 Å². The minimum Gasteiger partial charge on any atom is -0.277 e. The molecule has 3 aromatic rings. The number of hydrazone groups is 1. The number of anilines is 1. The van der Waals surface area contributed by atoms with Crippen LogP contribution in [0.4, 0.5) is 5.69 Å². The number of nitrogens with zero attached hydrogens (tertiary/aromatic N) is 1. The second-order valence-electron chi connectivity index (χ2n) is 4.97. The van der Waals surface area contributed by atoms with Gasteiger partial charge in [-0.15, -0.1) is 0 Å². The lowest BCUT2D eigenvalue weighted by Gasteiger charge is -2.07. The first-order valence-corrected chi connectivity index (χ1v) is 7.64. The van der Waals surface area contributed by atoms with Crippen molar-refractivity contribution in [3.05, 3.63) is 76.3 Å². The first kappa shape index (κ1) is 14.9. The van der Waals surface area contributed by atoms with Crippen LogP contribution in [-0.2, 0) is 0 Å². The molecule has 2 nitrogen and oxygen atoms in total. The molecule has 0 aromatic heterocycles. The summed E-state index contributed by atoms with van der Waals surface area (Å²) in [5.74, 6) is 0. The van der Waals surface area contributed by atoms with Crippen LogP contribution in [0, 0.1) is 0 Å². The number of hydrogen-bond acceptors (Lipinski definition) is 2. The molecule has 0 spiro atoms. The van der Waals surface area contributed by atoms with Crippen molar-refractivity contribution in [3.8, 4) is 0 Å². The molecule has 3 aromatic carbocycles. The van der Waals surface area contributed by atoms with Gasteiger partial charge in [-0.3, -0.25) is 5.43 Å². The van der Waals surface area contributed by atoms with Crippen molar-refractivity contribution in [2.75, 3.05) is 5.43 Å². The third-order valence-electron chi connectivity index (χ3n) is 3.46. The Morgan fingerprint density at radius 2 is 1.68 bits per heavy atom. The number of rotatable bonds is 3. The zero-order chi connectivity index (χ0) is 15.5. The monoisotopic (exact) mass is 328 g/mol. The summed E-state index contributed by atoms with van der Waals surface area (Å²) in [6, 6.07) is 19.9. The minimum atomic E-state index is 0.472. The molecule has 22 heavy (non-hydrogen) atoms. The molecule has 0 bridgehead atoms. The number of nitrogens with one attached hydrogen (secondary N) is 1. The van der Waals surface area contributed by atoms with E-state index in [-0.39, 0.29) is 0 Å². The van der Waals surface area contributed by atoms with E-state index in [4.69, 9.17) is 23.2 Å². The van der Waals surface area contributed by atoms with Crippen molar-refractivity contribution in [2.45, 2.75) is 6.92 Å². The Balaban J connectivity index is 1.88. The molecule has 0 saturated heterocycles. The fourth-order valence-corrected chi connectivity index (χ4v) is 2.56. The predicted molar refractivity (Wildman–Crippen MR) is 96.2 cm³/mol. The topological polar surface area (TPSA) is 24.4 Å². The maximum absolute atomic E-state index is 6.14. The molecule has 0 heterocycles. The molecule has 0 atom stereocenters. The highest BCUT2D eigenvalue weighted by atomic mass is 35.5. The third-order valence-corrected chi connectivity index (χ3v) is 4.28. The molecule has 3 rings (SSSR count). The summed E-state index contributed by atoms with van der Waals surface area (Å²) in [5.41, 5.74) is 5.60. The first-order chi connectivity index (χ1) is 10.6. The van der Waals surface area contributed by atoms with Gasteiger partial charge in [-0.05, 0) is 41.5 Å². The van der Waals surface area contributed by atoms with Gasteiger partial charge in [0.05, 0.1) is 21.4 Å². The normalized spacial score (nSPS) is 11.7. The fraction of sp³-hybridized carbons (Fsp3) is 0.0556. The Hall–Kier alpha value is -2.03. The average molecular weight is 329 g/mol. The van der Waals surface area contributed by atoms with Crippen LogP contribution in [-0.4, -0.2) is 5.71 Å². The van der Waals surface area contributed by atoms with Crippen LogP contribution in [0.1, 0.15) is 12.5 Å². The molecule has 0 aliphatic carbocycles. The van der Waals surface area contributed by atoms with E-state index in [1.165, 1.54) is 10.8 Å². The highest BCUT2D eigenvalue weighted by Crippen LogP contribution is 2.29. The second-order valence-corrected chi connectivity index (χ2v) is 5.76. The lowest BCUT2D eigenvalue weighted by atomic mass is 10.0. The second kappa shape index (κ2) is 6.39. The van der Waals surface area contributed by atoms with Crippen molar-refractivity contribution in [1.29, 1.82) is 0 Å². The predicted octanol–water partition coefficient (Wildman–Crippen LogP) is 5.98. The fourth-order valence-electron chi connectivity index (χ4n) is 2.21. The molecule has 0 unspecified atom stereocenters. The molecule has 0 saturated carbocycles. The summed E-state index contributed by atoms with van der Waals surface area (Å²) in [7, 11) is 0. The summed E-state index contributed by atoms with van der Waals surface area (Å²) in [6.45, 7) is 1.95. The summed E-state index contributed by atoms with van der Waals surface area (Å²) >= 11 is 12.1. The van der Waals surface area contributed by atoms with Crippen LogP contribution in [0.3, 0.4) is 0 Å². The van der Waals surface area contributed by atoms with Gasteiger partial charge in [-0.25, -0.2) is 0 Å². The van der Waals surface area contributed by atoms with Crippen molar-refractivity contribution < 1.29 is 0 Å². The van der Waals surface area contributed by atoms with Gasteiger partial charge in [0.2, 0.25) is 0 Å². The van der Waals surface area contributed by atoms with Crippen molar-refractivity contribution >= 4 is 45.4 Å². The maximum Gasteiger partial charge on any atom is 0.0842 e. The molecule has 1 N–H and O–H groups in total. The number of fused-ring (bicyclic) bond motifs is 1. The first-order valence-electron chi connectivity index (χ1n) is 6.88. The number of benzene rings is 3. The molecule has 0 radical (unpaired) electrons. The highest BCUT2D eigenvalue weighted by molar-refractivity contribution is 6.43. The quantitative estimate of drug-likeness (QED) is 0.464. The summed E-state index contributed by atoms with van der Waals surface area (Å²) in [4.78, 5) is 0. The minimum absolute atomic E-state index is 0.472. The van der Waals surface area contributed by atoms with Crippen LogP contribution in [0.15, 0.2) is 65.8 Å². The van der Waals surface area contributed by atoms with E-state index in [0.717, 1.165) is 11.3 Å². The van der Waals surface area contributed by atoms with Gasteiger partial charge >= 0.3 is 0 Å². The van der Waals surface area contributed by atoms with E-state index >= 15 is 0 Å². The van der Waals surface area contributed by atoms with E-state index in [9.17, 15) is 0 Å². The van der Waals surface area contributed by atoms with E-state index < -0.39 is 0 Å². The van der Waals surface area contributed by atoms with Gasteiger partial charge in [-0.1, -0.05) is 65.7 Å². The molecule has 110 valence electrons. The molecule has 0 aliphatic rings. The van der Waals surface area contributed by atoms with Gasteiger partial charge in [-0.2, -0.15) is 5.10 Å². The van der Waals surface area contributed by atoms with Crippen molar-refractivity contribution in [3.63, 3.8) is 0 Å². The van der Waals surface area contributed by atoms with E-state index in [0.29, 0.717) is 15.7 Å². The smallest absolute Gasteiger partial charge is 0.0842 e. The number of halogens is 2. The molecule has 4 heteroatoms. The maximum atomic E-state index is 6.14. The van der Waals surface area contributed by atoms with Gasteiger partial charge in [0.25, 0.3) is 0 Å². The van der Waals surface area contributed by atoms with E-state index in [1.807, 2.05) is 31.2 Å². The molecule has 0 aliphatic heterocycles. The average Bonchev–Trinajstić information content (AvgIpc) is 2.55. The largest absolute Gasteiger partial charge is 0.277 e. The highest BCUT2D eigenvalue weighted by Gasteiger charge is 2.04. The number of hydrogen-bond donors (Lipinski definition) is 1. The van der Waals surface area contributed by atoms with Gasteiger partial charge in [0, 0.05) is 0 Å². The lowest BCUT2D eigenvalue weighted by Crippen LogP contribution is -2.00. The van der Waals surface area contributed by atoms with E-state index in [1.54, 1.807) is 6.07 Å². The Bertz CT molecular complexity index is 857. The van der Waals surface area contributed by atoms with Crippen molar-refractivity contribution in [2.24, 2.45) is 5.10 Å². The Kier molecular flexibility index (Phi) is 4.32. The molecular formula is C18H14Cl2N2. The molecule has 0 fully saturated rings. The van der Waals surface area contributed by atoms with Gasteiger partial charge in [0.15, 0.2) is 0 Å². The summed E-state index contributed by atoms with van der Waals surface area (Å²) < 4.78 is 0. The van der Waals surface area contributed by atoms with Gasteiger partial charge in [0.1, 0.15) is 0 Å². The zero-order valence-electron chi connectivity index (χ0n) is 12.0. The Morgan fingerprint density at radius 1 is 0.909 bits per heavy atom. The SMILES string of the molecule is C/C(=N/Nc1cccc(Cl)c1Cl)c1ccc2ccccc2c1. The van der Waals surface area contributed by atoms with E-state index in [2.05, 4.69) is 40.9 Å². The molecule has 0 amide bonds. The zero-order valence-corrected chi connectivity index (χ0v) is 13.5. The van der Waals surface area contributed by atoms with Crippen LogP contribution < -0.4 is 5.43 Å². The molecular weight excluding hydrogens is 315 g/mol. The Labute approximate surface area is 139 Å². The van der Waals surface area contributed by atoms with Crippen molar-refractivity contribution in [1.82, 2.24) is 0 Å². The van der Waals surface area contributed by atoms with Crippen LogP contribution in [0.2, 0.25) is 10.0 Å². The van der Waals surface area contributed by atoms with Crippen LogP contribution in [0.5, 0.6) is 0 Å². The standard InChI is InChI=1S/C18H14Cl2N2/c1-12(21-22-17-8-4-7-16(19)18(17)20)14-10-9-13-5-2-3-6-15(13)11-14/h2-11,22H,1H3/b21-12-. The summed E-state index contributed by atoms with van der Waals surface area (Å²) in [5, 5.41) is 7.78. The summed E-state index contributed by atoms with van der Waals surface area (Å²) in [6.07, 6.45) is 0. The lowest BCUT2D eigenvalue weighted by molar-refractivity contribution is 1.32.